The number of benzene rings is 1. The lowest BCUT2D eigenvalue weighted by atomic mass is 10.1. The van der Waals surface area contributed by atoms with E-state index in [1.54, 1.807) is 7.11 Å². The molecule has 3 nitrogen and oxygen atoms in total. The third-order valence-electron chi connectivity index (χ3n) is 3.13. The summed E-state index contributed by atoms with van der Waals surface area (Å²) >= 11 is 0. The molecule has 1 aromatic carbocycles. The highest BCUT2D eigenvalue weighted by molar-refractivity contribution is 5.60. The van der Waals surface area contributed by atoms with Crippen molar-refractivity contribution in [1.29, 1.82) is 0 Å². The van der Waals surface area contributed by atoms with Crippen LogP contribution in [0, 0.1) is 5.92 Å². The minimum Gasteiger partial charge on any atom is -0.497 e. The minimum atomic E-state index is 0.683. The van der Waals surface area contributed by atoms with Crippen LogP contribution in [-0.4, -0.2) is 20.2 Å². The van der Waals surface area contributed by atoms with Gasteiger partial charge in [-0.15, -0.1) is 0 Å². The first kappa shape index (κ1) is 13.7. The molecule has 2 N–H and O–H groups in total. The molecule has 0 amide bonds. The van der Waals surface area contributed by atoms with Gasteiger partial charge in [0.25, 0.3) is 0 Å². The van der Waals surface area contributed by atoms with Crippen LogP contribution in [0.3, 0.4) is 0 Å². The number of nitrogen functional groups attached to an aromatic ring is 1. The monoisotopic (exact) mass is 236 g/mol. The zero-order valence-electron chi connectivity index (χ0n) is 11.4. The fourth-order valence-corrected chi connectivity index (χ4v) is 1.83. The third-order valence-corrected chi connectivity index (χ3v) is 3.13. The first-order valence-corrected chi connectivity index (χ1v) is 6.30. The molecule has 3 heteroatoms. The van der Waals surface area contributed by atoms with E-state index in [1.807, 2.05) is 18.2 Å². The van der Waals surface area contributed by atoms with Crippen molar-refractivity contribution < 1.29 is 4.74 Å². The number of nitrogens with zero attached hydrogens (tertiary/aromatic N) is 1. The van der Waals surface area contributed by atoms with Gasteiger partial charge in [0.15, 0.2) is 0 Å². The second-order valence-corrected chi connectivity index (χ2v) is 4.52. The number of hydrogen-bond donors (Lipinski definition) is 1. The van der Waals surface area contributed by atoms with Crippen molar-refractivity contribution in [1.82, 2.24) is 0 Å². The third kappa shape index (κ3) is 3.84. The number of hydrogen-bond acceptors (Lipinski definition) is 3. The van der Waals surface area contributed by atoms with Crippen LogP contribution in [0.4, 0.5) is 11.4 Å². The van der Waals surface area contributed by atoms with Gasteiger partial charge in [0.05, 0.1) is 7.11 Å². The Morgan fingerprint density at radius 3 is 2.53 bits per heavy atom. The molecule has 96 valence electrons. The summed E-state index contributed by atoms with van der Waals surface area (Å²) in [7, 11) is 1.67. The van der Waals surface area contributed by atoms with E-state index in [2.05, 4.69) is 25.7 Å². The number of anilines is 2. The van der Waals surface area contributed by atoms with Crippen LogP contribution >= 0.6 is 0 Å². The fraction of sp³-hybridized carbons (Fsp3) is 0.571. The highest BCUT2D eigenvalue weighted by Crippen LogP contribution is 2.26. The summed E-state index contributed by atoms with van der Waals surface area (Å²) < 4.78 is 5.25. The summed E-state index contributed by atoms with van der Waals surface area (Å²) in [6.45, 7) is 8.69. The molecule has 0 fully saturated rings. The van der Waals surface area contributed by atoms with Crippen molar-refractivity contribution in [3.05, 3.63) is 18.2 Å². The van der Waals surface area contributed by atoms with Crippen molar-refractivity contribution >= 4 is 11.4 Å². The smallest absolute Gasteiger partial charge is 0.122 e. The summed E-state index contributed by atoms with van der Waals surface area (Å²) in [5, 5.41) is 0. The number of methoxy groups -OCH3 is 1. The standard InChI is InChI=1S/C14H24N2O/c1-5-11(3)10-16(6-2)13-7-12(15)8-14(9-13)17-4/h7-9,11H,5-6,10,15H2,1-4H3. The van der Waals surface area contributed by atoms with E-state index in [4.69, 9.17) is 10.5 Å². The quantitative estimate of drug-likeness (QED) is 0.771. The normalized spacial score (nSPS) is 12.2. The van der Waals surface area contributed by atoms with Gasteiger partial charge in [0, 0.05) is 36.6 Å². The van der Waals surface area contributed by atoms with Crippen molar-refractivity contribution in [3.63, 3.8) is 0 Å². The molecule has 0 saturated heterocycles. The number of nitrogens with two attached hydrogens (primary N) is 1. The molecule has 0 spiro atoms. The zero-order chi connectivity index (χ0) is 12.8. The van der Waals surface area contributed by atoms with Gasteiger partial charge in [0.2, 0.25) is 0 Å². The highest BCUT2D eigenvalue weighted by Gasteiger charge is 2.10. The van der Waals surface area contributed by atoms with E-state index in [1.165, 1.54) is 6.42 Å². The largest absolute Gasteiger partial charge is 0.497 e. The zero-order valence-corrected chi connectivity index (χ0v) is 11.4. The molecule has 1 atom stereocenters. The second kappa shape index (κ2) is 6.38. The molecule has 1 rings (SSSR count). The van der Waals surface area contributed by atoms with E-state index >= 15 is 0 Å². The van der Waals surface area contributed by atoms with Crippen molar-refractivity contribution in [2.24, 2.45) is 5.92 Å². The van der Waals surface area contributed by atoms with Gasteiger partial charge in [-0.05, 0) is 18.9 Å². The summed E-state index contributed by atoms with van der Waals surface area (Å²) in [6, 6.07) is 5.90. The number of ether oxygens (including phenoxy) is 1. The van der Waals surface area contributed by atoms with Gasteiger partial charge in [-0.2, -0.15) is 0 Å². The molecule has 1 unspecified atom stereocenters. The first-order valence-electron chi connectivity index (χ1n) is 6.30. The van der Waals surface area contributed by atoms with Crippen molar-refractivity contribution in [3.8, 4) is 5.75 Å². The molecule has 0 radical (unpaired) electrons. The van der Waals surface area contributed by atoms with Gasteiger partial charge in [-0.3, -0.25) is 0 Å². The fourth-order valence-electron chi connectivity index (χ4n) is 1.83. The summed E-state index contributed by atoms with van der Waals surface area (Å²) in [6.07, 6.45) is 1.19. The van der Waals surface area contributed by atoms with E-state index in [-0.39, 0.29) is 0 Å². The summed E-state index contributed by atoms with van der Waals surface area (Å²) in [5.74, 6) is 1.50. The molecule has 0 aliphatic heterocycles. The Balaban J connectivity index is 2.90. The molecular formula is C14H24N2O. The van der Waals surface area contributed by atoms with Crippen molar-refractivity contribution in [2.45, 2.75) is 27.2 Å². The van der Waals surface area contributed by atoms with Gasteiger partial charge in [-0.1, -0.05) is 20.3 Å². The molecule has 0 saturated carbocycles. The van der Waals surface area contributed by atoms with Crippen LogP contribution in [0.25, 0.3) is 0 Å². The van der Waals surface area contributed by atoms with Crippen LogP contribution in [0.2, 0.25) is 0 Å². The van der Waals surface area contributed by atoms with E-state index < -0.39 is 0 Å². The summed E-state index contributed by atoms with van der Waals surface area (Å²) in [5.41, 5.74) is 7.78. The first-order chi connectivity index (χ1) is 8.10. The molecule has 0 heterocycles. The maximum Gasteiger partial charge on any atom is 0.122 e. The van der Waals surface area contributed by atoms with Crippen LogP contribution < -0.4 is 15.4 Å². The predicted molar refractivity (Wildman–Crippen MR) is 74.7 cm³/mol. The Hall–Kier alpha value is -1.38. The molecule has 0 bridgehead atoms. The predicted octanol–water partition coefficient (Wildman–Crippen LogP) is 3.15. The van der Waals surface area contributed by atoms with Gasteiger partial charge >= 0.3 is 0 Å². The maximum atomic E-state index is 5.88. The Labute approximate surface area is 105 Å². The SMILES string of the molecule is CCC(C)CN(CC)c1cc(N)cc(OC)c1. The van der Waals surface area contributed by atoms with E-state index in [0.717, 1.165) is 30.2 Å². The average molecular weight is 236 g/mol. The molecule has 0 aliphatic rings. The maximum absolute atomic E-state index is 5.88. The molecule has 17 heavy (non-hydrogen) atoms. The Morgan fingerprint density at radius 1 is 1.29 bits per heavy atom. The minimum absolute atomic E-state index is 0.683. The van der Waals surface area contributed by atoms with Gasteiger partial charge in [0.1, 0.15) is 5.75 Å². The van der Waals surface area contributed by atoms with Crippen molar-refractivity contribution in [2.75, 3.05) is 30.8 Å². The summed E-state index contributed by atoms with van der Waals surface area (Å²) in [4.78, 5) is 2.34. The Morgan fingerprint density at radius 2 is 2.00 bits per heavy atom. The lowest BCUT2D eigenvalue weighted by Crippen LogP contribution is -2.28. The highest BCUT2D eigenvalue weighted by atomic mass is 16.5. The number of rotatable bonds is 6. The second-order valence-electron chi connectivity index (χ2n) is 4.52. The van der Waals surface area contributed by atoms with E-state index in [0.29, 0.717) is 5.92 Å². The molecule has 1 aromatic rings. The van der Waals surface area contributed by atoms with Gasteiger partial charge < -0.3 is 15.4 Å². The lowest BCUT2D eigenvalue weighted by molar-refractivity contribution is 0.415. The van der Waals surface area contributed by atoms with Crippen LogP contribution in [-0.2, 0) is 0 Å². The topological polar surface area (TPSA) is 38.5 Å². The molecular weight excluding hydrogens is 212 g/mol. The van der Waals surface area contributed by atoms with Crippen LogP contribution in [0.5, 0.6) is 5.75 Å². The Kier molecular flexibility index (Phi) is 5.13. The van der Waals surface area contributed by atoms with E-state index in [9.17, 15) is 0 Å². The lowest BCUT2D eigenvalue weighted by Gasteiger charge is -2.26. The molecule has 0 aromatic heterocycles. The van der Waals surface area contributed by atoms with Crippen LogP contribution in [0.15, 0.2) is 18.2 Å². The van der Waals surface area contributed by atoms with Crippen LogP contribution in [0.1, 0.15) is 27.2 Å². The van der Waals surface area contributed by atoms with Gasteiger partial charge in [-0.25, -0.2) is 0 Å². The average Bonchev–Trinajstić information content (AvgIpc) is 2.34. The molecule has 0 aliphatic carbocycles. The Bertz CT molecular complexity index is 352.